The van der Waals surface area contributed by atoms with Crippen molar-refractivity contribution >= 4 is 29.0 Å². The van der Waals surface area contributed by atoms with Crippen molar-refractivity contribution in [3.8, 4) is 11.5 Å². The van der Waals surface area contributed by atoms with Crippen LogP contribution in [0.3, 0.4) is 0 Å². The molecule has 0 spiro atoms. The van der Waals surface area contributed by atoms with Crippen molar-refractivity contribution in [3.05, 3.63) is 87.9 Å². The van der Waals surface area contributed by atoms with Gasteiger partial charge in [0.15, 0.2) is 17.3 Å². The first kappa shape index (κ1) is 24.8. The van der Waals surface area contributed by atoms with Crippen molar-refractivity contribution in [1.82, 2.24) is 0 Å². The predicted molar refractivity (Wildman–Crippen MR) is 139 cm³/mol. The van der Waals surface area contributed by atoms with E-state index in [0.29, 0.717) is 28.5 Å². The summed E-state index contributed by atoms with van der Waals surface area (Å²) in [6.07, 6.45) is 1.54. The number of benzene rings is 3. The Bertz CT molecular complexity index is 1220. The van der Waals surface area contributed by atoms with Gasteiger partial charge in [0.25, 0.3) is 0 Å². The molecule has 3 aromatic carbocycles. The number of carbonyl (C=O) groups excluding carboxylic acids is 2. The molecule has 35 heavy (non-hydrogen) atoms. The fraction of sp³-hybridized carbons (Fsp3) is 0.310. The van der Waals surface area contributed by atoms with Gasteiger partial charge in [-0.05, 0) is 78.6 Å². The fourth-order valence-electron chi connectivity index (χ4n) is 4.39. The lowest BCUT2D eigenvalue weighted by Crippen LogP contribution is -2.41. The number of halogens is 1. The van der Waals surface area contributed by atoms with Crippen molar-refractivity contribution < 1.29 is 19.1 Å². The average Bonchev–Trinajstić information content (AvgIpc) is 2.88. The van der Waals surface area contributed by atoms with E-state index in [1.165, 1.54) is 0 Å². The Morgan fingerprint density at radius 1 is 1.06 bits per heavy atom. The van der Waals surface area contributed by atoms with Gasteiger partial charge >= 0.3 is 0 Å². The summed E-state index contributed by atoms with van der Waals surface area (Å²) in [5.74, 6) is 1.30. The van der Waals surface area contributed by atoms with Crippen LogP contribution in [0.25, 0.3) is 0 Å². The van der Waals surface area contributed by atoms with Gasteiger partial charge in [0, 0.05) is 22.7 Å². The van der Waals surface area contributed by atoms with Crippen LogP contribution in [0.5, 0.6) is 11.5 Å². The summed E-state index contributed by atoms with van der Waals surface area (Å²) in [5.41, 5.74) is 4.17. The number of ether oxygens (including phenoxy) is 2. The molecule has 1 amide bonds. The van der Waals surface area contributed by atoms with Crippen LogP contribution in [0.15, 0.2) is 60.7 Å². The number of anilines is 1. The molecule has 0 fully saturated rings. The smallest absolute Gasteiger partial charge is 0.232 e. The number of carbonyl (C=O) groups is 2. The lowest BCUT2D eigenvalue weighted by Gasteiger charge is -2.38. The van der Waals surface area contributed by atoms with Crippen molar-refractivity contribution in [2.75, 3.05) is 12.0 Å². The zero-order chi connectivity index (χ0) is 25.1. The Kier molecular flexibility index (Phi) is 7.46. The number of fused-ring (bicyclic) bond motifs is 1. The Morgan fingerprint density at radius 3 is 2.34 bits per heavy atom. The van der Waals surface area contributed by atoms with Crippen LogP contribution in [-0.2, 0) is 11.2 Å². The average molecular weight is 492 g/mol. The molecule has 0 aliphatic carbocycles. The van der Waals surface area contributed by atoms with Gasteiger partial charge in [0.1, 0.15) is 0 Å². The SMILES string of the molecule is CCC(=O)c1ccc(N2C(=O)Cc3cc(OC)c(O[C@H](C)CC)cc3C2c2ccc(Cl)cc2)cc1. The molecule has 182 valence electrons. The van der Waals surface area contributed by atoms with Gasteiger partial charge in [0.2, 0.25) is 5.91 Å². The van der Waals surface area contributed by atoms with Crippen molar-refractivity contribution in [3.63, 3.8) is 0 Å². The van der Waals surface area contributed by atoms with E-state index in [1.54, 1.807) is 24.1 Å². The Morgan fingerprint density at radius 2 is 1.74 bits per heavy atom. The Hall–Kier alpha value is -3.31. The number of ketones is 1. The van der Waals surface area contributed by atoms with E-state index in [0.717, 1.165) is 28.8 Å². The second-order valence-electron chi connectivity index (χ2n) is 8.76. The molecule has 6 heteroatoms. The van der Waals surface area contributed by atoms with Crippen LogP contribution in [0, 0.1) is 0 Å². The van der Waals surface area contributed by atoms with E-state index in [-0.39, 0.29) is 30.3 Å². The lowest BCUT2D eigenvalue weighted by atomic mass is 9.86. The predicted octanol–water partition coefficient (Wildman–Crippen LogP) is 6.80. The first-order valence-corrected chi connectivity index (χ1v) is 12.3. The van der Waals surface area contributed by atoms with Gasteiger partial charge in [-0.25, -0.2) is 0 Å². The van der Waals surface area contributed by atoms with Gasteiger partial charge < -0.3 is 14.4 Å². The molecular weight excluding hydrogens is 462 g/mol. The second-order valence-corrected chi connectivity index (χ2v) is 9.19. The minimum absolute atomic E-state index is 0.0147. The molecule has 0 radical (unpaired) electrons. The summed E-state index contributed by atoms with van der Waals surface area (Å²) in [6, 6.07) is 18.3. The molecule has 0 aromatic heterocycles. The maximum atomic E-state index is 13.6. The van der Waals surface area contributed by atoms with E-state index < -0.39 is 0 Å². The number of Topliss-reactive ketones (excluding diaryl/α,β-unsaturated/α-hetero) is 1. The van der Waals surface area contributed by atoms with Gasteiger partial charge in [-0.15, -0.1) is 0 Å². The monoisotopic (exact) mass is 491 g/mol. The van der Waals surface area contributed by atoms with Crippen molar-refractivity contribution in [1.29, 1.82) is 0 Å². The molecule has 4 rings (SSSR count). The molecule has 0 N–H and O–H groups in total. The second kappa shape index (κ2) is 10.5. The molecule has 0 bridgehead atoms. The zero-order valence-electron chi connectivity index (χ0n) is 20.5. The van der Waals surface area contributed by atoms with Gasteiger partial charge in [0.05, 0.1) is 25.7 Å². The van der Waals surface area contributed by atoms with Crippen LogP contribution in [0.4, 0.5) is 5.69 Å². The summed E-state index contributed by atoms with van der Waals surface area (Å²) in [4.78, 5) is 27.5. The third-order valence-electron chi connectivity index (χ3n) is 6.47. The largest absolute Gasteiger partial charge is 0.493 e. The zero-order valence-corrected chi connectivity index (χ0v) is 21.3. The highest BCUT2D eigenvalue weighted by atomic mass is 35.5. The molecule has 1 unspecified atom stereocenters. The fourth-order valence-corrected chi connectivity index (χ4v) is 4.51. The third-order valence-corrected chi connectivity index (χ3v) is 6.72. The number of nitrogens with zero attached hydrogens (tertiary/aromatic N) is 1. The topological polar surface area (TPSA) is 55.8 Å². The summed E-state index contributed by atoms with van der Waals surface area (Å²) in [7, 11) is 1.61. The maximum absolute atomic E-state index is 13.6. The first-order valence-electron chi connectivity index (χ1n) is 11.9. The quantitative estimate of drug-likeness (QED) is 0.325. The summed E-state index contributed by atoms with van der Waals surface area (Å²) in [5, 5.41) is 0.626. The number of rotatable bonds is 8. The van der Waals surface area contributed by atoms with Gasteiger partial charge in [-0.3, -0.25) is 9.59 Å². The highest BCUT2D eigenvalue weighted by molar-refractivity contribution is 6.30. The summed E-state index contributed by atoms with van der Waals surface area (Å²) >= 11 is 6.18. The van der Waals surface area contributed by atoms with Crippen LogP contribution >= 0.6 is 11.6 Å². The molecule has 0 saturated carbocycles. The normalized spacial score (nSPS) is 16.0. The standard InChI is InChI=1S/C29H30ClNO4/c1-5-18(3)35-27-17-24-21(15-26(27)34-4)16-28(33)31(29(24)20-7-11-22(30)12-8-20)23-13-9-19(10-14-23)25(32)6-2/h7-15,17-18,29H,5-6,16H2,1-4H3/t18-,29?/m1/s1. The van der Waals surface area contributed by atoms with Crippen molar-refractivity contribution in [2.24, 2.45) is 0 Å². The van der Waals surface area contributed by atoms with Crippen LogP contribution in [0.2, 0.25) is 5.02 Å². The molecule has 1 aliphatic heterocycles. The molecule has 0 saturated heterocycles. The van der Waals surface area contributed by atoms with E-state index in [4.69, 9.17) is 21.1 Å². The van der Waals surface area contributed by atoms with Crippen molar-refractivity contribution in [2.45, 2.75) is 52.2 Å². The van der Waals surface area contributed by atoms with E-state index in [9.17, 15) is 9.59 Å². The minimum Gasteiger partial charge on any atom is -0.493 e. The molecule has 5 nitrogen and oxygen atoms in total. The van der Waals surface area contributed by atoms with Crippen LogP contribution in [0.1, 0.15) is 66.7 Å². The Balaban J connectivity index is 1.87. The number of amides is 1. The number of hydrogen-bond acceptors (Lipinski definition) is 4. The third kappa shape index (κ3) is 5.06. The van der Waals surface area contributed by atoms with Gasteiger partial charge in [-0.1, -0.05) is 37.6 Å². The minimum atomic E-state index is -0.388. The lowest BCUT2D eigenvalue weighted by molar-refractivity contribution is -0.118. The number of hydrogen-bond donors (Lipinski definition) is 0. The highest BCUT2D eigenvalue weighted by Gasteiger charge is 2.36. The molecule has 1 heterocycles. The number of methoxy groups -OCH3 is 1. The van der Waals surface area contributed by atoms with E-state index >= 15 is 0 Å². The molecule has 3 aromatic rings. The summed E-state index contributed by atoms with van der Waals surface area (Å²) < 4.78 is 11.8. The van der Waals surface area contributed by atoms with E-state index in [1.807, 2.05) is 62.4 Å². The van der Waals surface area contributed by atoms with Crippen LogP contribution in [-0.4, -0.2) is 24.9 Å². The molecule has 1 aliphatic rings. The molecular formula is C29H30ClNO4. The Labute approximate surface area is 211 Å². The molecule has 2 atom stereocenters. The van der Waals surface area contributed by atoms with E-state index in [2.05, 4.69) is 6.92 Å². The first-order chi connectivity index (χ1) is 16.9. The summed E-state index contributed by atoms with van der Waals surface area (Å²) in [6.45, 7) is 5.93. The van der Waals surface area contributed by atoms with Gasteiger partial charge in [-0.2, -0.15) is 0 Å². The highest BCUT2D eigenvalue weighted by Crippen LogP contribution is 2.43. The van der Waals surface area contributed by atoms with Crippen LogP contribution < -0.4 is 14.4 Å². The maximum Gasteiger partial charge on any atom is 0.232 e.